The number of hydrogen-bond acceptors (Lipinski definition) is 6. The van der Waals surface area contributed by atoms with E-state index in [4.69, 9.17) is 19.3 Å². The number of hydrogen-bond donors (Lipinski definition) is 2. The Labute approximate surface area is 219 Å². The third-order valence-electron chi connectivity index (χ3n) is 7.44. The van der Waals surface area contributed by atoms with Crippen LogP contribution in [0, 0.1) is 5.92 Å². The molecule has 7 heteroatoms. The van der Waals surface area contributed by atoms with Crippen LogP contribution in [0.5, 0.6) is 5.75 Å². The first-order valence-electron chi connectivity index (χ1n) is 13.3. The van der Waals surface area contributed by atoms with Crippen molar-refractivity contribution in [1.29, 1.82) is 0 Å². The predicted molar refractivity (Wildman–Crippen MR) is 143 cm³/mol. The van der Waals surface area contributed by atoms with Crippen LogP contribution in [0.1, 0.15) is 37.7 Å². The van der Waals surface area contributed by atoms with E-state index in [0.29, 0.717) is 32.7 Å². The highest BCUT2D eigenvalue weighted by Gasteiger charge is 2.45. The number of carboxylic acid groups (broad SMARTS) is 1. The van der Waals surface area contributed by atoms with Crippen molar-refractivity contribution < 1.29 is 29.2 Å². The van der Waals surface area contributed by atoms with Gasteiger partial charge in [-0.1, -0.05) is 54.6 Å². The van der Waals surface area contributed by atoms with Crippen LogP contribution in [0.3, 0.4) is 0 Å². The number of aliphatic hydroxyl groups excluding tert-OH is 1. The molecule has 1 heterocycles. The van der Waals surface area contributed by atoms with Crippen LogP contribution >= 0.6 is 0 Å². The summed E-state index contributed by atoms with van der Waals surface area (Å²) in [6.07, 6.45) is 6.55. The highest BCUT2D eigenvalue weighted by Crippen LogP contribution is 2.37. The van der Waals surface area contributed by atoms with Crippen LogP contribution in [0.4, 0.5) is 0 Å². The van der Waals surface area contributed by atoms with Crippen LogP contribution < -0.4 is 4.74 Å². The van der Waals surface area contributed by atoms with Crippen molar-refractivity contribution in [2.75, 3.05) is 33.4 Å². The zero-order valence-corrected chi connectivity index (χ0v) is 21.6. The van der Waals surface area contributed by atoms with Crippen LogP contribution in [0.25, 0.3) is 11.1 Å². The molecule has 1 aliphatic carbocycles. The molecule has 0 spiro atoms. The molecule has 0 aromatic heterocycles. The lowest BCUT2D eigenvalue weighted by Gasteiger charge is -2.37. The van der Waals surface area contributed by atoms with E-state index in [9.17, 15) is 9.90 Å². The Balaban J connectivity index is 1.44. The number of carbonyl (C=O) groups is 1. The SMILES string of the molecule is COc1cc(-c2ccccc2)ccc1COC1CC(O)C(N2CCOCC2)C1CC=CCCCC(=O)O. The normalized spacial score (nSPS) is 24.5. The van der Waals surface area contributed by atoms with Crippen LogP contribution in [0.2, 0.25) is 0 Å². The highest BCUT2D eigenvalue weighted by molar-refractivity contribution is 5.66. The molecule has 0 radical (unpaired) electrons. The third kappa shape index (κ3) is 7.42. The van der Waals surface area contributed by atoms with Gasteiger partial charge in [0.1, 0.15) is 5.75 Å². The second-order valence-electron chi connectivity index (χ2n) is 9.84. The van der Waals surface area contributed by atoms with Gasteiger partial charge in [-0.25, -0.2) is 0 Å². The summed E-state index contributed by atoms with van der Waals surface area (Å²) in [6.45, 7) is 3.38. The number of carboxylic acids is 1. The number of nitrogens with zero attached hydrogens (tertiary/aromatic N) is 1. The molecular formula is C30H39NO6. The summed E-state index contributed by atoms with van der Waals surface area (Å²) in [5.41, 5.74) is 3.21. The number of allylic oxidation sites excluding steroid dienone is 2. The number of methoxy groups -OCH3 is 1. The van der Waals surface area contributed by atoms with E-state index in [1.165, 1.54) is 0 Å². The molecule has 0 bridgehead atoms. The molecule has 2 fully saturated rings. The molecule has 0 amide bonds. The quantitative estimate of drug-likeness (QED) is 0.321. The lowest BCUT2D eigenvalue weighted by atomic mass is 9.94. The van der Waals surface area contributed by atoms with Crippen molar-refractivity contribution in [1.82, 2.24) is 4.90 Å². The maximum Gasteiger partial charge on any atom is 0.303 e. The first-order valence-corrected chi connectivity index (χ1v) is 13.3. The zero-order chi connectivity index (χ0) is 26.0. The summed E-state index contributed by atoms with van der Waals surface area (Å²) in [4.78, 5) is 13.1. The average molecular weight is 510 g/mol. The molecule has 2 aromatic carbocycles. The predicted octanol–water partition coefficient (Wildman–Crippen LogP) is 4.53. The van der Waals surface area contributed by atoms with E-state index in [0.717, 1.165) is 48.4 Å². The summed E-state index contributed by atoms with van der Waals surface area (Å²) >= 11 is 0. The van der Waals surface area contributed by atoms with Gasteiger partial charge in [-0.05, 0) is 36.5 Å². The van der Waals surface area contributed by atoms with Crippen molar-refractivity contribution in [2.45, 2.75) is 57.0 Å². The molecule has 37 heavy (non-hydrogen) atoms. The third-order valence-corrected chi connectivity index (χ3v) is 7.44. The Kier molecular flexibility index (Phi) is 10.1. The topological polar surface area (TPSA) is 88.5 Å². The monoisotopic (exact) mass is 509 g/mol. The van der Waals surface area contributed by atoms with Crippen LogP contribution in [-0.2, 0) is 20.9 Å². The van der Waals surface area contributed by atoms with Gasteiger partial charge in [0.25, 0.3) is 0 Å². The largest absolute Gasteiger partial charge is 0.496 e. The number of morpholine rings is 1. The fourth-order valence-corrected chi connectivity index (χ4v) is 5.54. The maximum atomic E-state index is 11.1. The van der Waals surface area contributed by atoms with Crippen molar-refractivity contribution in [2.24, 2.45) is 5.92 Å². The lowest BCUT2D eigenvalue weighted by Crippen LogP contribution is -2.50. The van der Waals surface area contributed by atoms with Crippen LogP contribution in [0.15, 0.2) is 60.7 Å². The summed E-state index contributed by atoms with van der Waals surface area (Å²) in [7, 11) is 1.68. The standard InChI is InChI=1S/C30H39NO6/c1-35-27-19-23(22-9-5-4-6-10-22)13-14-24(27)21-37-28-20-26(32)30(31-15-17-36-18-16-31)25(28)11-7-2-3-8-12-29(33)34/h2,4-7,9-10,13-14,19,25-26,28,30,32H,3,8,11-12,15-18,20-21H2,1H3,(H,33,34). The fraction of sp³-hybridized carbons (Fsp3) is 0.500. The Hall–Kier alpha value is -2.71. The van der Waals surface area contributed by atoms with Crippen molar-refractivity contribution in [3.05, 3.63) is 66.2 Å². The van der Waals surface area contributed by atoms with Gasteiger partial charge in [0, 0.05) is 43.5 Å². The van der Waals surface area contributed by atoms with Gasteiger partial charge >= 0.3 is 5.97 Å². The van der Waals surface area contributed by atoms with E-state index in [1.54, 1.807) is 7.11 Å². The molecule has 200 valence electrons. The highest BCUT2D eigenvalue weighted by atomic mass is 16.5. The van der Waals surface area contributed by atoms with Gasteiger partial charge in [-0.15, -0.1) is 0 Å². The molecule has 1 saturated heterocycles. The fourth-order valence-electron chi connectivity index (χ4n) is 5.54. The smallest absolute Gasteiger partial charge is 0.303 e. The number of benzene rings is 2. The van der Waals surface area contributed by atoms with Gasteiger partial charge in [0.2, 0.25) is 0 Å². The Morgan fingerprint density at radius 1 is 1.11 bits per heavy atom. The minimum Gasteiger partial charge on any atom is -0.496 e. The number of aliphatic carboxylic acids is 1. The van der Waals surface area contributed by atoms with Crippen molar-refractivity contribution >= 4 is 5.97 Å². The van der Waals surface area contributed by atoms with Gasteiger partial charge < -0.3 is 24.4 Å². The number of aliphatic hydroxyl groups is 1. The summed E-state index contributed by atoms with van der Waals surface area (Å²) < 4.78 is 17.7. The van der Waals surface area contributed by atoms with Gasteiger partial charge in [0.15, 0.2) is 0 Å². The molecule has 1 saturated carbocycles. The molecule has 1 aliphatic heterocycles. The molecule has 4 unspecified atom stereocenters. The Morgan fingerprint density at radius 3 is 2.62 bits per heavy atom. The molecule has 2 aromatic rings. The van der Waals surface area contributed by atoms with Gasteiger partial charge in [0.05, 0.1) is 39.1 Å². The molecule has 2 aliphatic rings. The average Bonchev–Trinajstić information content (AvgIpc) is 3.24. The number of ether oxygens (including phenoxy) is 3. The second kappa shape index (κ2) is 13.7. The van der Waals surface area contributed by atoms with E-state index in [1.807, 2.05) is 24.3 Å². The molecule has 7 nitrogen and oxygen atoms in total. The summed E-state index contributed by atoms with van der Waals surface area (Å²) in [6, 6.07) is 16.4. The van der Waals surface area contributed by atoms with Gasteiger partial charge in [-0.3, -0.25) is 9.69 Å². The maximum absolute atomic E-state index is 11.1. The van der Waals surface area contributed by atoms with E-state index in [-0.39, 0.29) is 24.5 Å². The Morgan fingerprint density at radius 2 is 1.89 bits per heavy atom. The lowest BCUT2D eigenvalue weighted by molar-refractivity contribution is -0.137. The van der Waals surface area contributed by atoms with E-state index < -0.39 is 12.1 Å². The number of rotatable bonds is 12. The molecule has 4 atom stereocenters. The molecular weight excluding hydrogens is 470 g/mol. The first-order chi connectivity index (χ1) is 18.1. The van der Waals surface area contributed by atoms with Crippen molar-refractivity contribution in [3.63, 3.8) is 0 Å². The van der Waals surface area contributed by atoms with E-state index in [2.05, 4.69) is 41.3 Å². The minimum absolute atomic E-state index is 0.0138. The Bertz CT molecular complexity index is 1020. The first kappa shape index (κ1) is 27.3. The number of unbranched alkanes of at least 4 members (excludes halogenated alkanes) is 1. The summed E-state index contributed by atoms with van der Waals surface area (Å²) in [5.74, 6) is 0.165. The minimum atomic E-state index is -0.764. The van der Waals surface area contributed by atoms with E-state index >= 15 is 0 Å². The van der Waals surface area contributed by atoms with Crippen molar-refractivity contribution in [3.8, 4) is 16.9 Å². The van der Waals surface area contributed by atoms with Crippen LogP contribution in [-0.4, -0.2) is 72.7 Å². The molecule has 2 N–H and O–H groups in total. The zero-order valence-electron chi connectivity index (χ0n) is 21.6. The summed E-state index contributed by atoms with van der Waals surface area (Å²) in [5, 5.41) is 19.9. The van der Waals surface area contributed by atoms with Gasteiger partial charge in [-0.2, -0.15) is 0 Å². The molecule has 4 rings (SSSR count). The second-order valence-corrected chi connectivity index (χ2v) is 9.84.